The topological polar surface area (TPSA) is 70.8 Å². The zero-order valence-electron chi connectivity index (χ0n) is 14.8. The van der Waals surface area contributed by atoms with Crippen LogP contribution in [-0.4, -0.2) is 43.7 Å². The van der Waals surface area contributed by atoms with Gasteiger partial charge in [-0.3, -0.25) is 4.79 Å². The van der Waals surface area contributed by atoms with Crippen molar-refractivity contribution in [3.8, 4) is 0 Å². The van der Waals surface area contributed by atoms with E-state index in [2.05, 4.69) is 0 Å². The monoisotopic (exact) mass is 430 g/mol. The Morgan fingerprint density at radius 2 is 1.81 bits per heavy atom. The third kappa shape index (κ3) is 4.32. The van der Waals surface area contributed by atoms with Crippen LogP contribution >= 0.6 is 23.2 Å². The molecular weight excluding hydrogens is 411 g/mol. The van der Waals surface area contributed by atoms with Crippen LogP contribution in [0.5, 0.6) is 0 Å². The molecule has 1 aliphatic heterocycles. The number of hydrogen-bond donors (Lipinski definition) is 0. The molecule has 3 rings (SSSR count). The first-order chi connectivity index (χ1) is 12.8. The number of amides is 1. The van der Waals surface area contributed by atoms with Crippen LogP contribution in [-0.2, 0) is 21.4 Å². The van der Waals surface area contributed by atoms with E-state index in [4.69, 9.17) is 27.6 Å². The minimum atomic E-state index is -3.80. The fraction of sp³-hybridized carbons (Fsp3) is 0.389. The molecule has 0 radical (unpaired) electrons. The van der Waals surface area contributed by atoms with Crippen molar-refractivity contribution in [1.82, 2.24) is 9.21 Å². The van der Waals surface area contributed by atoms with Crippen LogP contribution in [0, 0.1) is 5.92 Å². The highest BCUT2D eigenvalue weighted by molar-refractivity contribution is 7.89. The molecule has 0 unspecified atom stereocenters. The number of piperidine rings is 1. The second-order valence-electron chi connectivity index (χ2n) is 6.50. The Hall–Kier alpha value is -1.54. The van der Waals surface area contributed by atoms with Gasteiger partial charge in [0.25, 0.3) is 0 Å². The fourth-order valence-corrected chi connectivity index (χ4v) is 5.79. The zero-order valence-corrected chi connectivity index (χ0v) is 17.1. The van der Waals surface area contributed by atoms with Gasteiger partial charge in [-0.25, -0.2) is 8.42 Å². The Labute approximate surface area is 168 Å². The van der Waals surface area contributed by atoms with Gasteiger partial charge in [0.2, 0.25) is 15.9 Å². The molecule has 1 fully saturated rings. The summed E-state index contributed by atoms with van der Waals surface area (Å²) in [5.74, 6) is 0.469. The summed E-state index contributed by atoms with van der Waals surface area (Å²) in [6, 6.07) is 8.19. The Bertz CT molecular complexity index is 887. The molecule has 0 bridgehead atoms. The number of benzene rings is 1. The normalized spacial score (nSPS) is 16.4. The smallest absolute Gasteiger partial charge is 0.246 e. The first kappa shape index (κ1) is 20.2. The Morgan fingerprint density at radius 1 is 1.19 bits per heavy atom. The molecule has 1 saturated heterocycles. The van der Waals surface area contributed by atoms with Gasteiger partial charge in [-0.05, 0) is 37.1 Å². The van der Waals surface area contributed by atoms with Crippen LogP contribution in [0.2, 0.25) is 10.0 Å². The highest BCUT2D eigenvalue weighted by Gasteiger charge is 2.35. The maximum atomic E-state index is 12.9. The van der Waals surface area contributed by atoms with Crippen molar-refractivity contribution in [1.29, 1.82) is 0 Å². The SMILES string of the molecule is CN(Cc1ccco1)C(=O)C1CCN(S(=O)(=O)c2c(Cl)cccc2Cl)CC1. The molecule has 1 aliphatic rings. The Kier molecular flexibility index (Phi) is 6.15. The molecule has 2 heterocycles. The van der Waals surface area contributed by atoms with Gasteiger partial charge in [-0.15, -0.1) is 0 Å². The third-order valence-corrected chi connectivity index (χ3v) is 7.52. The molecular formula is C18H20Cl2N2O4S. The fourth-order valence-electron chi connectivity index (χ4n) is 3.23. The maximum absolute atomic E-state index is 12.9. The van der Waals surface area contributed by atoms with Crippen LogP contribution in [0.15, 0.2) is 45.9 Å². The van der Waals surface area contributed by atoms with Gasteiger partial charge in [0.05, 0.1) is 22.9 Å². The van der Waals surface area contributed by atoms with Gasteiger partial charge in [-0.1, -0.05) is 29.3 Å². The minimum absolute atomic E-state index is 0.0146. The van der Waals surface area contributed by atoms with Gasteiger partial charge in [0, 0.05) is 26.1 Å². The lowest BCUT2D eigenvalue weighted by atomic mass is 9.96. The number of carbonyl (C=O) groups excluding carboxylic acids is 1. The van der Waals surface area contributed by atoms with E-state index in [0.29, 0.717) is 25.1 Å². The summed E-state index contributed by atoms with van der Waals surface area (Å²) in [4.78, 5) is 14.2. The second kappa shape index (κ2) is 8.22. The summed E-state index contributed by atoms with van der Waals surface area (Å²) in [5, 5.41) is 0.192. The van der Waals surface area contributed by atoms with Crippen molar-refractivity contribution in [3.63, 3.8) is 0 Å². The highest BCUT2D eigenvalue weighted by Crippen LogP contribution is 2.33. The van der Waals surface area contributed by atoms with Gasteiger partial charge in [-0.2, -0.15) is 4.31 Å². The molecule has 0 spiro atoms. The van der Waals surface area contributed by atoms with Gasteiger partial charge < -0.3 is 9.32 Å². The van der Waals surface area contributed by atoms with E-state index in [9.17, 15) is 13.2 Å². The van der Waals surface area contributed by atoms with Crippen molar-refractivity contribution >= 4 is 39.1 Å². The van der Waals surface area contributed by atoms with E-state index >= 15 is 0 Å². The number of sulfonamides is 1. The molecule has 6 nitrogen and oxygen atoms in total. The third-order valence-electron chi connectivity index (χ3n) is 4.67. The van der Waals surface area contributed by atoms with Gasteiger partial charge in [0.15, 0.2) is 0 Å². The van der Waals surface area contributed by atoms with E-state index in [0.717, 1.165) is 0 Å². The van der Waals surface area contributed by atoms with Crippen molar-refractivity contribution < 1.29 is 17.6 Å². The summed E-state index contributed by atoms with van der Waals surface area (Å²) in [6.07, 6.45) is 2.46. The van der Waals surface area contributed by atoms with Crippen LogP contribution in [0.1, 0.15) is 18.6 Å². The predicted molar refractivity (Wildman–Crippen MR) is 103 cm³/mol. The molecule has 146 valence electrons. The molecule has 27 heavy (non-hydrogen) atoms. The maximum Gasteiger partial charge on any atom is 0.246 e. The second-order valence-corrected chi connectivity index (χ2v) is 9.19. The van der Waals surface area contributed by atoms with Crippen molar-refractivity contribution in [3.05, 3.63) is 52.4 Å². The lowest BCUT2D eigenvalue weighted by Gasteiger charge is -2.32. The molecule has 1 aromatic carbocycles. The lowest BCUT2D eigenvalue weighted by molar-refractivity contribution is -0.136. The highest BCUT2D eigenvalue weighted by atomic mass is 35.5. The summed E-state index contributed by atoms with van der Waals surface area (Å²) < 4.78 is 32.4. The van der Waals surface area contributed by atoms with Crippen LogP contribution in [0.25, 0.3) is 0 Å². The van der Waals surface area contributed by atoms with Gasteiger partial charge >= 0.3 is 0 Å². The molecule has 0 aliphatic carbocycles. The molecule has 1 amide bonds. The average Bonchev–Trinajstić information content (AvgIpc) is 3.14. The van der Waals surface area contributed by atoms with Crippen LogP contribution < -0.4 is 0 Å². The molecule has 0 N–H and O–H groups in total. The number of halogens is 2. The van der Waals surface area contributed by atoms with Crippen molar-refractivity contribution in [2.24, 2.45) is 5.92 Å². The van der Waals surface area contributed by atoms with Crippen molar-refractivity contribution in [2.75, 3.05) is 20.1 Å². The van der Waals surface area contributed by atoms with E-state index in [1.807, 2.05) is 6.07 Å². The molecule has 1 aromatic heterocycles. The minimum Gasteiger partial charge on any atom is -0.467 e. The number of rotatable bonds is 5. The zero-order chi connectivity index (χ0) is 19.6. The number of nitrogens with zero attached hydrogens (tertiary/aromatic N) is 2. The quantitative estimate of drug-likeness (QED) is 0.725. The summed E-state index contributed by atoms with van der Waals surface area (Å²) in [7, 11) is -2.08. The van der Waals surface area contributed by atoms with Crippen molar-refractivity contribution in [2.45, 2.75) is 24.3 Å². The van der Waals surface area contributed by atoms with E-state index < -0.39 is 10.0 Å². The molecule has 0 atom stereocenters. The summed E-state index contributed by atoms with van der Waals surface area (Å²) in [6.45, 7) is 0.878. The van der Waals surface area contributed by atoms with E-state index in [-0.39, 0.29) is 39.9 Å². The summed E-state index contributed by atoms with van der Waals surface area (Å²) in [5.41, 5.74) is 0. The molecule has 9 heteroatoms. The first-order valence-electron chi connectivity index (χ1n) is 8.52. The Balaban J connectivity index is 1.65. The Morgan fingerprint density at radius 3 is 2.37 bits per heavy atom. The molecule has 0 saturated carbocycles. The summed E-state index contributed by atoms with van der Waals surface area (Å²) >= 11 is 12.1. The van der Waals surface area contributed by atoms with Crippen LogP contribution in [0.4, 0.5) is 0 Å². The van der Waals surface area contributed by atoms with E-state index in [1.54, 1.807) is 30.3 Å². The van der Waals surface area contributed by atoms with Crippen LogP contribution in [0.3, 0.4) is 0 Å². The average molecular weight is 431 g/mol. The van der Waals surface area contributed by atoms with Gasteiger partial charge in [0.1, 0.15) is 10.7 Å². The lowest BCUT2D eigenvalue weighted by Crippen LogP contribution is -2.43. The molecule has 2 aromatic rings. The number of carbonyl (C=O) groups is 1. The predicted octanol–water partition coefficient (Wildman–Crippen LogP) is 3.65. The first-order valence-corrected chi connectivity index (χ1v) is 10.7. The number of furan rings is 1. The largest absolute Gasteiger partial charge is 0.467 e. The number of hydrogen-bond acceptors (Lipinski definition) is 4. The standard InChI is InChI=1S/C18H20Cl2N2O4S/c1-21(12-14-4-3-11-26-14)18(23)13-7-9-22(10-8-13)27(24,25)17-15(19)5-2-6-16(17)20/h2-6,11,13H,7-10,12H2,1H3. The van der Waals surface area contributed by atoms with E-state index in [1.165, 1.54) is 16.4 Å².